The van der Waals surface area contributed by atoms with Gasteiger partial charge in [-0.3, -0.25) is 0 Å². The normalized spacial score (nSPS) is 20.4. The lowest BCUT2D eigenvalue weighted by Crippen LogP contribution is -2.50. The van der Waals surface area contributed by atoms with E-state index in [0.717, 1.165) is 25.3 Å². The van der Waals surface area contributed by atoms with Crippen LogP contribution in [0.25, 0.3) is 0 Å². The third kappa shape index (κ3) is 2.81. The summed E-state index contributed by atoms with van der Waals surface area (Å²) in [5.74, 6) is -0.357. The van der Waals surface area contributed by atoms with Gasteiger partial charge in [0.05, 0.1) is 24.0 Å². The minimum atomic E-state index is -0.357. The summed E-state index contributed by atoms with van der Waals surface area (Å²) >= 11 is 0. The number of hydrogen-bond donors (Lipinski definition) is 1. The first-order chi connectivity index (χ1) is 9.02. The lowest BCUT2D eigenvalue weighted by molar-refractivity contribution is 0.0601. The van der Waals surface area contributed by atoms with E-state index in [1.165, 1.54) is 7.11 Å². The number of nitrogens with two attached hydrogens (primary N) is 1. The summed E-state index contributed by atoms with van der Waals surface area (Å²) in [5.41, 5.74) is 8.19. The van der Waals surface area contributed by atoms with Gasteiger partial charge in [-0.05, 0) is 32.2 Å². The summed E-state index contributed by atoms with van der Waals surface area (Å²) in [6.45, 7) is 5.16. The number of anilines is 2. The molecule has 1 saturated heterocycles. The lowest BCUT2D eigenvalue weighted by atomic mass is 10.1. The molecule has 19 heavy (non-hydrogen) atoms. The molecule has 5 nitrogen and oxygen atoms in total. The Balaban J connectivity index is 2.23. The second-order valence-electron chi connectivity index (χ2n) is 5.07. The fourth-order valence-corrected chi connectivity index (χ4v) is 2.56. The van der Waals surface area contributed by atoms with E-state index in [1.54, 1.807) is 12.1 Å². The zero-order valence-electron chi connectivity index (χ0n) is 11.7. The molecule has 0 saturated carbocycles. The number of carbonyl (C=O) groups is 1. The first kappa shape index (κ1) is 13.7. The first-order valence-corrected chi connectivity index (χ1v) is 6.46. The summed E-state index contributed by atoms with van der Waals surface area (Å²) in [7, 11) is 3.49. The fraction of sp³-hybridized carbons (Fsp3) is 0.500. The number of hydrogen-bond acceptors (Lipinski definition) is 5. The van der Waals surface area contributed by atoms with Crippen molar-refractivity contribution in [1.82, 2.24) is 4.90 Å². The van der Waals surface area contributed by atoms with Gasteiger partial charge in [-0.25, -0.2) is 4.79 Å². The van der Waals surface area contributed by atoms with Gasteiger partial charge < -0.3 is 20.3 Å². The van der Waals surface area contributed by atoms with Crippen molar-refractivity contribution in [3.63, 3.8) is 0 Å². The molecule has 5 heteroatoms. The minimum Gasteiger partial charge on any atom is -0.465 e. The molecule has 1 aromatic carbocycles. The van der Waals surface area contributed by atoms with Crippen LogP contribution in [0, 0.1) is 0 Å². The Kier molecular flexibility index (Phi) is 3.95. The van der Waals surface area contributed by atoms with Gasteiger partial charge in [-0.1, -0.05) is 0 Å². The number of ether oxygens (including phenoxy) is 1. The van der Waals surface area contributed by atoms with Crippen molar-refractivity contribution in [1.29, 1.82) is 0 Å². The largest absolute Gasteiger partial charge is 0.465 e. The number of nitrogen functional groups attached to an aromatic ring is 1. The van der Waals surface area contributed by atoms with E-state index in [1.807, 2.05) is 6.07 Å². The number of methoxy groups -OCH3 is 1. The minimum absolute atomic E-state index is 0.357. The number of piperazine rings is 1. The van der Waals surface area contributed by atoms with Crippen molar-refractivity contribution in [3.05, 3.63) is 23.8 Å². The summed E-state index contributed by atoms with van der Waals surface area (Å²) in [4.78, 5) is 16.1. The highest BCUT2D eigenvalue weighted by Gasteiger charge is 2.23. The van der Waals surface area contributed by atoms with Crippen LogP contribution < -0.4 is 10.6 Å². The highest BCUT2D eigenvalue weighted by Crippen LogP contribution is 2.27. The molecule has 0 radical (unpaired) electrons. The molecule has 0 aromatic heterocycles. The van der Waals surface area contributed by atoms with Gasteiger partial charge in [0.25, 0.3) is 0 Å². The summed E-state index contributed by atoms with van der Waals surface area (Å²) in [6, 6.07) is 5.77. The van der Waals surface area contributed by atoms with Crippen LogP contribution in [0.2, 0.25) is 0 Å². The van der Waals surface area contributed by atoms with Crippen LogP contribution in [0.5, 0.6) is 0 Å². The highest BCUT2D eigenvalue weighted by molar-refractivity contribution is 5.92. The third-order valence-electron chi connectivity index (χ3n) is 3.59. The van der Waals surface area contributed by atoms with Crippen LogP contribution in [0.1, 0.15) is 17.3 Å². The molecule has 1 unspecified atom stereocenters. The van der Waals surface area contributed by atoms with Crippen LogP contribution >= 0.6 is 0 Å². The average Bonchev–Trinajstić information content (AvgIpc) is 2.38. The molecule has 0 spiro atoms. The Morgan fingerprint density at radius 3 is 2.74 bits per heavy atom. The number of nitrogens with zero attached hydrogens (tertiary/aromatic N) is 2. The van der Waals surface area contributed by atoms with Crippen molar-refractivity contribution in [2.75, 3.05) is 44.4 Å². The van der Waals surface area contributed by atoms with Crippen molar-refractivity contribution < 1.29 is 9.53 Å². The molecule has 1 aromatic rings. The lowest BCUT2D eigenvalue weighted by Gasteiger charge is -2.40. The molecule has 1 aliphatic rings. The van der Waals surface area contributed by atoms with Crippen LogP contribution in [0.15, 0.2) is 18.2 Å². The maximum Gasteiger partial charge on any atom is 0.337 e. The Labute approximate surface area is 113 Å². The maximum absolute atomic E-state index is 11.5. The molecule has 2 rings (SSSR count). The van der Waals surface area contributed by atoms with E-state index in [0.29, 0.717) is 17.3 Å². The monoisotopic (exact) mass is 263 g/mol. The summed E-state index contributed by atoms with van der Waals surface area (Å²) < 4.78 is 4.70. The number of rotatable bonds is 2. The quantitative estimate of drug-likeness (QED) is 0.641. The highest BCUT2D eigenvalue weighted by atomic mass is 16.5. The Morgan fingerprint density at radius 2 is 2.16 bits per heavy atom. The van der Waals surface area contributed by atoms with Crippen LogP contribution in [-0.2, 0) is 4.74 Å². The Bertz CT molecular complexity index is 476. The predicted molar refractivity (Wildman–Crippen MR) is 76.5 cm³/mol. The van der Waals surface area contributed by atoms with Gasteiger partial charge in [0.1, 0.15) is 0 Å². The van der Waals surface area contributed by atoms with E-state index >= 15 is 0 Å². The molecule has 104 valence electrons. The van der Waals surface area contributed by atoms with Crippen LogP contribution in [0.3, 0.4) is 0 Å². The van der Waals surface area contributed by atoms with Crippen LogP contribution in [0.4, 0.5) is 11.4 Å². The molecule has 1 aliphatic heterocycles. The molecular formula is C14H21N3O2. The van der Waals surface area contributed by atoms with Crippen molar-refractivity contribution in [2.45, 2.75) is 13.0 Å². The predicted octanol–water partition coefficient (Wildman–Crippen LogP) is 1.20. The third-order valence-corrected chi connectivity index (χ3v) is 3.59. The second kappa shape index (κ2) is 5.48. The smallest absolute Gasteiger partial charge is 0.337 e. The van der Waals surface area contributed by atoms with Gasteiger partial charge in [0.2, 0.25) is 0 Å². The second-order valence-corrected chi connectivity index (χ2v) is 5.07. The Hall–Kier alpha value is -1.75. The molecule has 1 heterocycles. The number of esters is 1. The van der Waals surface area contributed by atoms with E-state index in [2.05, 4.69) is 23.8 Å². The number of benzene rings is 1. The first-order valence-electron chi connectivity index (χ1n) is 6.46. The fourth-order valence-electron chi connectivity index (χ4n) is 2.56. The zero-order chi connectivity index (χ0) is 14.0. The van der Waals surface area contributed by atoms with Gasteiger partial charge in [0, 0.05) is 25.7 Å². The van der Waals surface area contributed by atoms with Crippen molar-refractivity contribution in [3.8, 4) is 0 Å². The van der Waals surface area contributed by atoms with Gasteiger partial charge in [-0.15, -0.1) is 0 Å². The average molecular weight is 263 g/mol. The number of likely N-dealkylation sites (N-methyl/N-ethyl adjacent to an activating group) is 1. The Morgan fingerprint density at radius 1 is 1.42 bits per heavy atom. The van der Waals surface area contributed by atoms with E-state index in [-0.39, 0.29) is 5.97 Å². The molecule has 2 N–H and O–H groups in total. The van der Waals surface area contributed by atoms with E-state index in [4.69, 9.17) is 10.5 Å². The maximum atomic E-state index is 11.5. The molecule has 1 atom stereocenters. The zero-order valence-corrected chi connectivity index (χ0v) is 11.7. The van der Waals surface area contributed by atoms with Gasteiger partial charge >= 0.3 is 5.97 Å². The van der Waals surface area contributed by atoms with E-state index < -0.39 is 0 Å². The molecule has 0 amide bonds. The van der Waals surface area contributed by atoms with Gasteiger partial charge in [0.15, 0.2) is 0 Å². The van der Waals surface area contributed by atoms with Crippen molar-refractivity contribution in [2.24, 2.45) is 0 Å². The summed E-state index contributed by atoms with van der Waals surface area (Å²) in [6.07, 6.45) is 0. The van der Waals surface area contributed by atoms with Crippen molar-refractivity contribution >= 4 is 17.3 Å². The summed E-state index contributed by atoms with van der Waals surface area (Å²) in [5, 5.41) is 0. The molecule has 0 aliphatic carbocycles. The molecule has 1 fully saturated rings. The standard InChI is InChI=1S/C14H21N3O2/c1-10-9-16(2)6-7-17(10)13-5-4-11(8-12(13)15)14(18)19-3/h4-5,8,10H,6-7,9,15H2,1-3H3. The van der Waals surface area contributed by atoms with Gasteiger partial charge in [-0.2, -0.15) is 0 Å². The van der Waals surface area contributed by atoms with Crippen LogP contribution in [-0.4, -0.2) is 50.7 Å². The molecule has 0 bridgehead atoms. The topological polar surface area (TPSA) is 58.8 Å². The van der Waals surface area contributed by atoms with E-state index in [9.17, 15) is 4.79 Å². The SMILES string of the molecule is COC(=O)c1ccc(N2CCN(C)CC2C)c(N)c1. The molecular weight excluding hydrogens is 242 g/mol. The number of carbonyl (C=O) groups excluding carboxylic acids is 1.